The number of halogens is 1. The van der Waals surface area contributed by atoms with Crippen LogP contribution in [-0.4, -0.2) is 24.2 Å². The molecule has 0 radical (unpaired) electrons. The summed E-state index contributed by atoms with van der Waals surface area (Å²) in [5, 5.41) is 11.3. The lowest BCUT2D eigenvalue weighted by Crippen LogP contribution is -2.25. The van der Waals surface area contributed by atoms with Gasteiger partial charge in [-0.3, -0.25) is 4.79 Å². The summed E-state index contributed by atoms with van der Waals surface area (Å²) in [5.41, 5.74) is 1.53. The molecule has 0 aliphatic rings. The molecule has 1 aromatic carbocycles. The van der Waals surface area contributed by atoms with Gasteiger partial charge in [0, 0.05) is 24.6 Å². The molecule has 0 unspecified atom stereocenters. The number of amides is 1. The third-order valence-corrected chi connectivity index (χ3v) is 2.27. The number of alkyl halides is 1. The van der Waals surface area contributed by atoms with Crippen LogP contribution in [0.2, 0.25) is 0 Å². The van der Waals surface area contributed by atoms with E-state index in [1.54, 1.807) is 18.2 Å². The second-order valence-corrected chi connectivity index (χ2v) is 3.43. The number of nitrogens with one attached hydrogen (secondary N) is 1. The van der Waals surface area contributed by atoms with E-state index >= 15 is 0 Å². The summed E-state index contributed by atoms with van der Waals surface area (Å²) < 4.78 is 0. The van der Waals surface area contributed by atoms with Crippen molar-refractivity contribution in [3.63, 3.8) is 0 Å². The van der Waals surface area contributed by atoms with Crippen molar-refractivity contribution in [2.45, 2.75) is 12.3 Å². The second-order valence-electron chi connectivity index (χ2n) is 3.17. The molecule has 15 heavy (non-hydrogen) atoms. The summed E-state index contributed by atoms with van der Waals surface area (Å²) in [7, 11) is 0. The maximum absolute atomic E-state index is 11.6. The SMILES string of the molecule is O=C(NCCCO)c1cccc(CCl)c1. The summed E-state index contributed by atoms with van der Waals surface area (Å²) >= 11 is 5.67. The Morgan fingerprint density at radius 1 is 1.47 bits per heavy atom. The van der Waals surface area contributed by atoms with Gasteiger partial charge in [0.1, 0.15) is 0 Å². The van der Waals surface area contributed by atoms with E-state index in [0.29, 0.717) is 24.4 Å². The minimum absolute atomic E-state index is 0.0853. The number of carbonyl (C=O) groups excluding carboxylic acids is 1. The Hall–Kier alpha value is -1.06. The largest absolute Gasteiger partial charge is 0.396 e. The number of carbonyl (C=O) groups is 1. The van der Waals surface area contributed by atoms with Crippen LogP contribution in [0.3, 0.4) is 0 Å². The first-order valence-corrected chi connectivity index (χ1v) is 5.35. The monoisotopic (exact) mass is 227 g/mol. The molecule has 1 amide bonds. The van der Waals surface area contributed by atoms with Crippen LogP contribution >= 0.6 is 11.6 Å². The zero-order valence-corrected chi connectivity index (χ0v) is 9.13. The van der Waals surface area contributed by atoms with Gasteiger partial charge in [-0.05, 0) is 24.1 Å². The number of benzene rings is 1. The maximum Gasteiger partial charge on any atom is 0.251 e. The summed E-state index contributed by atoms with van der Waals surface area (Å²) in [4.78, 5) is 11.6. The quantitative estimate of drug-likeness (QED) is 0.592. The van der Waals surface area contributed by atoms with Gasteiger partial charge < -0.3 is 10.4 Å². The van der Waals surface area contributed by atoms with E-state index in [1.165, 1.54) is 0 Å². The smallest absolute Gasteiger partial charge is 0.251 e. The van der Waals surface area contributed by atoms with Gasteiger partial charge in [0.2, 0.25) is 0 Å². The van der Waals surface area contributed by atoms with Crippen molar-refractivity contribution in [3.8, 4) is 0 Å². The number of hydrogen-bond acceptors (Lipinski definition) is 2. The summed E-state index contributed by atoms with van der Waals surface area (Å²) in [5.74, 6) is 0.271. The van der Waals surface area contributed by atoms with Crippen LogP contribution in [0.5, 0.6) is 0 Å². The van der Waals surface area contributed by atoms with Crippen LogP contribution in [0, 0.1) is 0 Å². The molecular weight excluding hydrogens is 214 g/mol. The average Bonchev–Trinajstić information content (AvgIpc) is 2.29. The van der Waals surface area contributed by atoms with Gasteiger partial charge in [-0.15, -0.1) is 11.6 Å². The van der Waals surface area contributed by atoms with Crippen LogP contribution in [-0.2, 0) is 5.88 Å². The zero-order valence-electron chi connectivity index (χ0n) is 8.37. The molecule has 82 valence electrons. The molecular formula is C11H14ClNO2. The van der Waals surface area contributed by atoms with Gasteiger partial charge in [-0.2, -0.15) is 0 Å². The molecule has 0 spiro atoms. The van der Waals surface area contributed by atoms with Crippen molar-refractivity contribution in [2.75, 3.05) is 13.2 Å². The molecule has 3 nitrogen and oxygen atoms in total. The van der Waals surface area contributed by atoms with Crippen molar-refractivity contribution < 1.29 is 9.90 Å². The van der Waals surface area contributed by atoms with Gasteiger partial charge in [-0.25, -0.2) is 0 Å². The fraction of sp³-hybridized carbons (Fsp3) is 0.364. The molecule has 0 saturated heterocycles. The predicted octanol–water partition coefficient (Wildman–Crippen LogP) is 1.54. The van der Waals surface area contributed by atoms with E-state index in [9.17, 15) is 4.79 Å². The molecule has 4 heteroatoms. The normalized spacial score (nSPS) is 10.0. The van der Waals surface area contributed by atoms with Gasteiger partial charge >= 0.3 is 0 Å². The maximum atomic E-state index is 11.6. The van der Waals surface area contributed by atoms with Crippen molar-refractivity contribution in [3.05, 3.63) is 35.4 Å². The van der Waals surface area contributed by atoms with E-state index in [4.69, 9.17) is 16.7 Å². The third kappa shape index (κ3) is 3.90. The molecule has 0 atom stereocenters. The van der Waals surface area contributed by atoms with Crippen molar-refractivity contribution in [2.24, 2.45) is 0 Å². The van der Waals surface area contributed by atoms with Crippen molar-refractivity contribution in [1.82, 2.24) is 5.32 Å². The fourth-order valence-electron chi connectivity index (χ4n) is 1.18. The molecule has 0 saturated carbocycles. The lowest BCUT2D eigenvalue weighted by molar-refractivity contribution is 0.0951. The van der Waals surface area contributed by atoms with Crippen LogP contribution in [0.15, 0.2) is 24.3 Å². The first-order chi connectivity index (χ1) is 7.27. The van der Waals surface area contributed by atoms with Gasteiger partial charge in [0.05, 0.1) is 0 Å². The molecule has 1 aromatic rings. The molecule has 0 aliphatic carbocycles. The molecule has 0 fully saturated rings. The fourth-order valence-corrected chi connectivity index (χ4v) is 1.34. The summed E-state index contributed by atoms with van der Waals surface area (Å²) in [6.07, 6.45) is 0.570. The Bertz CT molecular complexity index is 328. The van der Waals surface area contributed by atoms with Crippen LogP contribution < -0.4 is 5.32 Å². The highest BCUT2D eigenvalue weighted by molar-refractivity contribution is 6.17. The Kier molecular flexibility index (Phi) is 5.15. The van der Waals surface area contributed by atoms with Crippen molar-refractivity contribution >= 4 is 17.5 Å². The van der Waals surface area contributed by atoms with E-state index in [0.717, 1.165) is 5.56 Å². The molecule has 2 N–H and O–H groups in total. The Morgan fingerprint density at radius 3 is 2.93 bits per heavy atom. The standard InChI is InChI=1S/C11H14ClNO2/c12-8-9-3-1-4-10(7-9)11(15)13-5-2-6-14/h1,3-4,7,14H,2,5-6,8H2,(H,13,15). The van der Waals surface area contributed by atoms with E-state index < -0.39 is 0 Å². The minimum atomic E-state index is -0.129. The molecule has 0 aromatic heterocycles. The topological polar surface area (TPSA) is 49.3 Å². The first-order valence-electron chi connectivity index (χ1n) is 4.82. The Labute approximate surface area is 94.1 Å². The molecule has 1 rings (SSSR count). The first kappa shape index (κ1) is 12.0. The third-order valence-electron chi connectivity index (χ3n) is 1.96. The number of aliphatic hydroxyl groups is 1. The van der Waals surface area contributed by atoms with Crippen LogP contribution in [0.25, 0.3) is 0 Å². The van der Waals surface area contributed by atoms with E-state index in [2.05, 4.69) is 5.32 Å². The molecule has 0 aliphatic heterocycles. The van der Waals surface area contributed by atoms with Crippen LogP contribution in [0.4, 0.5) is 0 Å². The van der Waals surface area contributed by atoms with Gasteiger partial charge in [0.15, 0.2) is 0 Å². The van der Waals surface area contributed by atoms with E-state index in [1.807, 2.05) is 6.07 Å². The highest BCUT2D eigenvalue weighted by Crippen LogP contribution is 2.07. The number of aliphatic hydroxyl groups excluding tert-OH is 1. The van der Waals surface area contributed by atoms with E-state index in [-0.39, 0.29) is 12.5 Å². The average molecular weight is 228 g/mol. The summed E-state index contributed by atoms with van der Waals surface area (Å²) in [6.45, 7) is 0.572. The number of hydrogen-bond donors (Lipinski definition) is 2. The lowest BCUT2D eigenvalue weighted by Gasteiger charge is -2.04. The zero-order chi connectivity index (χ0) is 11.1. The number of rotatable bonds is 5. The Morgan fingerprint density at radius 2 is 2.27 bits per heavy atom. The summed E-state index contributed by atoms with van der Waals surface area (Å²) in [6, 6.07) is 7.18. The molecule has 0 heterocycles. The lowest BCUT2D eigenvalue weighted by atomic mass is 10.1. The van der Waals surface area contributed by atoms with Crippen molar-refractivity contribution in [1.29, 1.82) is 0 Å². The minimum Gasteiger partial charge on any atom is -0.396 e. The Balaban J connectivity index is 2.57. The molecule has 0 bridgehead atoms. The predicted molar refractivity (Wildman–Crippen MR) is 60.0 cm³/mol. The second kappa shape index (κ2) is 6.43. The highest BCUT2D eigenvalue weighted by atomic mass is 35.5. The van der Waals surface area contributed by atoms with Gasteiger partial charge in [0.25, 0.3) is 5.91 Å². The highest BCUT2D eigenvalue weighted by Gasteiger charge is 2.04. The van der Waals surface area contributed by atoms with Gasteiger partial charge in [-0.1, -0.05) is 12.1 Å². The van der Waals surface area contributed by atoms with Crippen LogP contribution in [0.1, 0.15) is 22.3 Å².